The van der Waals surface area contributed by atoms with Crippen LogP contribution >= 0.6 is 11.8 Å². The molecule has 0 radical (unpaired) electrons. The summed E-state index contributed by atoms with van der Waals surface area (Å²) in [5.74, 6) is 1.91. The fourth-order valence-corrected chi connectivity index (χ4v) is 3.48. The van der Waals surface area contributed by atoms with Gasteiger partial charge < -0.3 is 14.8 Å². The topological polar surface area (TPSA) is 69.2 Å². The van der Waals surface area contributed by atoms with Crippen molar-refractivity contribution in [3.63, 3.8) is 0 Å². The number of nitrogens with zero attached hydrogens (tertiary/aromatic N) is 3. The van der Waals surface area contributed by atoms with Crippen LogP contribution in [-0.2, 0) is 0 Å². The highest BCUT2D eigenvalue weighted by Gasteiger charge is 2.27. The van der Waals surface area contributed by atoms with Gasteiger partial charge in [-0.3, -0.25) is 0 Å². The Labute approximate surface area is 168 Å². The lowest BCUT2D eigenvalue weighted by Gasteiger charge is -2.21. The van der Waals surface area contributed by atoms with E-state index in [4.69, 9.17) is 9.47 Å². The molecule has 0 saturated carbocycles. The molecule has 4 rings (SSSR count). The van der Waals surface area contributed by atoms with Gasteiger partial charge in [-0.25, -0.2) is 0 Å². The van der Waals surface area contributed by atoms with Crippen LogP contribution in [0.25, 0.3) is 11.3 Å². The first kappa shape index (κ1) is 18.3. The Balaban J connectivity index is 1.80. The smallest absolute Gasteiger partial charge is 0.247 e. The maximum atomic E-state index is 6.29. The molecule has 2 aromatic carbocycles. The van der Waals surface area contributed by atoms with E-state index in [0.717, 1.165) is 22.6 Å². The van der Waals surface area contributed by atoms with Gasteiger partial charge >= 0.3 is 0 Å². The summed E-state index contributed by atoms with van der Waals surface area (Å²) in [4.78, 5) is 4.60. The molecule has 1 aromatic heterocycles. The Hall–Kier alpha value is -3.06. The molecule has 7 heteroatoms. The van der Waals surface area contributed by atoms with E-state index >= 15 is 0 Å². The van der Waals surface area contributed by atoms with Gasteiger partial charge in [0, 0.05) is 17.0 Å². The van der Waals surface area contributed by atoms with E-state index in [1.165, 1.54) is 11.8 Å². The minimum atomic E-state index is -0.473. The minimum Gasteiger partial charge on any atom is -0.493 e. The highest BCUT2D eigenvalue weighted by molar-refractivity contribution is 7.99. The van der Waals surface area contributed by atoms with Crippen LogP contribution in [0.15, 0.2) is 66.3 Å². The first-order valence-electron chi connectivity index (χ1n) is 9.03. The van der Waals surface area contributed by atoms with Crippen molar-refractivity contribution in [2.24, 2.45) is 0 Å². The van der Waals surface area contributed by atoms with E-state index in [0.29, 0.717) is 29.1 Å². The number of nitrogens with one attached hydrogen (secondary N) is 1. The minimum absolute atomic E-state index is 0.440. The number of anilines is 1. The lowest BCUT2D eigenvalue weighted by atomic mass is 10.1. The van der Waals surface area contributed by atoms with Gasteiger partial charge in [0.05, 0.1) is 12.2 Å². The van der Waals surface area contributed by atoms with E-state index in [9.17, 15) is 0 Å². The van der Waals surface area contributed by atoms with Gasteiger partial charge in [-0.2, -0.15) is 4.98 Å². The number of aromatic nitrogens is 3. The molecular formula is C21H20N4O2S. The molecule has 0 spiro atoms. The molecule has 142 valence electrons. The maximum Gasteiger partial charge on any atom is 0.247 e. The number of ether oxygens (including phenoxy) is 2. The molecule has 0 amide bonds. The van der Waals surface area contributed by atoms with Crippen molar-refractivity contribution in [1.82, 2.24) is 15.2 Å². The van der Waals surface area contributed by atoms with Gasteiger partial charge in [0.1, 0.15) is 5.75 Å². The number of hydrogen-bond donors (Lipinski definition) is 1. The van der Waals surface area contributed by atoms with Crippen molar-refractivity contribution in [2.75, 3.05) is 17.7 Å². The number of fused-ring (bicyclic) bond motifs is 3. The van der Waals surface area contributed by atoms with Crippen molar-refractivity contribution in [2.45, 2.75) is 18.3 Å². The Morgan fingerprint density at radius 1 is 1.18 bits per heavy atom. The van der Waals surface area contributed by atoms with Gasteiger partial charge in [-0.15, -0.1) is 16.8 Å². The van der Waals surface area contributed by atoms with Crippen LogP contribution in [0.5, 0.6) is 11.6 Å². The molecule has 0 fully saturated rings. The summed E-state index contributed by atoms with van der Waals surface area (Å²) >= 11 is 1.46. The molecule has 2 heterocycles. The summed E-state index contributed by atoms with van der Waals surface area (Å²) in [6.07, 6.45) is 1.33. The molecule has 1 aliphatic heterocycles. The first-order chi connectivity index (χ1) is 13.8. The largest absolute Gasteiger partial charge is 0.493 e. The summed E-state index contributed by atoms with van der Waals surface area (Å²) in [5, 5.41) is 12.6. The molecule has 1 atom stereocenters. The second-order valence-electron chi connectivity index (χ2n) is 6.01. The lowest BCUT2D eigenvalue weighted by Crippen LogP contribution is -2.18. The number of hydrogen-bond acceptors (Lipinski definition) is 7. The average Bonchev–Trinajstić information content (AvgIpc) is 2.89. The zero-order valence-corrected chi connectivity index (χ0v) is 16.3. The molecule has 28 heavy (non-hydrogen) atoms. The summed E-state index contributed by atoms with van der Waals surface area (Å²) < 4.78 is 12.1. The number of rotatable bonds is 6. The van der Waals surface area contributed by atoms with E-state index in [2.05, 4.69) is 27.1 Å². The number of thioether (sulfide) groups is 1. The summed E-state index contributed by atoms with van der Waals surface area (Å²) in [7, 11) is 0. The van der Waals surface area contributed by atoms with Gasteiger partial charge in [-0.05, 0) is 25.1 Å². The van der Waals surface area contributed by atoms with Gasteiger partial charge in [0.15, 0.2) is 5.69 Å². The zero-order chi connectivity index (χ0) is 19.3. The van der Waals surface area contributed by atoms with E-state index < -0.39 is 6.23 Å². The molecule has 3 aromatic rings. The zero-order valence-electron chi connectivity index (χ0n) is 15.5. The van der Waals surface area contributed by atoms with Gasteiger partial charge in [0.25, 0.3) is 0 Å². The third-order valence-corrected chi connectivity index (χ3v) is 5.00. The van der Waals surface area contributed by atoms with Crippen molar-refractivity contribution in [1.29, 1.82) is 0 Å². The Kier molecular flexibility index (Phi) is 5.43. The summed E-state index contributed by atoms with van der Waals surface area (Å²) in [6.45, 7) is 6.27. The van der Waals surface area contributed by atoms with Crippen LogP contribution in [0.3, 0.4) is 0 Å². The third kappa shape index (κ3) is 3.66. The normalized spacial score (nSPS) is 14.7. The Morgan fingerprint density at radius 3 is 2.86 bits per heavy atom. The predicted octanol–water partition coefficient (Wildman–Crippen LogP) is 4.72. The van der Waals surface area contributed by atoms with Crippen molar-refractivity contribution in [3.8, 4) is 22.9 Å². The molecule has 0 bridgehead atoms. The fourth-order valence-electron chi connectivity index (χ4n) is 2.97. The average molecular weight is 392 g/mol. The van der Waals surface area contributed by atoms with Crippen LogP contribution in [0, 0.1) is 0 Å². The van der Waals surface area contributed by atoms with Crippen LogP contribution in [0.2, 0.25) is 0 Å². The van der Waals surface area contributed by atoms with Gasteiger partial charge in [0.2, 0.25) is 17.3 Å². The monoisotopic (exact) mass is 392 g/mol. The molecule has 0 aliphatic carbocycles. The molecule has 1 unspecified atom stereocenters. The third-order valence-electron chi connectivity index (χ3n) is 4.17. The van der Waals surface area contributed by atoms with Crippen molar-refractivity contribution >= 4 is 17.4 Å². The summed E-state index contributed by atoms with van der Waals surface area (Å²) in [6, 6.07) is 15.7. The van der Waals surface area contributed by atoms with E-state index in [1.54, 1.807) is 6.08 Å². The Morgan fingerprint density at radius 2 is 2.00 bits per heavy atom. The van der Waals surface area contributed by atoms with Crippen molar-refractivity contribution in [3.05, 3.63) is 66.7 Å². The number of benzene rings is 2. The fraction of sp³-hybridized carbons (Fsp3) is 0.190. The van der Waals surface area contributed by atoms with Crippen LogP contribution in [0.1, 0.15) is 18.7 Å². The van der Waals surface area contributed by atoms with Crippen LogP contribution in [-0.4, -0.2) is 27.5 Å². The van der Waals surface area contributed by atoms with Crippen LogP contribution < -0.4 is 14.8 Å². The molecule has 1 aliphatic rings. The highest BCUT2D eigenvalue weighted by Crippen LogP contribution is 2.40. The SMILES string of the molecule is C=CCSc1nnc2c(n1)OC(c1ccccc1OCC)Nc1ccccc1-2. The number of para-hydroxylation sites is 2. The molecular weight excluding hydrogens is 372 g/mol. The standard InChI is InChI=1S/C21H20N4O2S/c1-3-13-28-21-23-20-18(24-25-21)14-9-5-7-11-16(14)22-19(27-20)15-10-6-8-12-17(15)26-4-2/h3,5-12,19,22H,1,4,13H2,2H3. The van der Waals surface area contributed by atoms with Crippen molar-refractivity contribution < 1.29 is 9.47 Å². The Bertz CT molecular complexity index is 996. The molecule has 1 N–H and O–H groups in total. The quantitative estimate of drug-likeness (QED) is 0.481. The second-order valence-corrected chi connectivity index (χ2v) is 6.99. The summed E-state index contributed by atoms with van der Waals surface area (Å²) in [5.41, 5.74) is 3.31. The second kappa shape index (κ2) is 8.31. The maximum absolute atomic E-state index is 6.29. The molecule has 6 nitrogen and oxygen atoms in total. The van der Waals surface area contributed by atoms with Crippen LogP contribution in [0.4, 0.5) is 5.69 Å². The lowest BCUT2D eigenvalue weighted by molar-refractivity contribution is 0.217. The van der Waals surface area contributed by atoms with Gasteiger partial charge in [-0.1, -0.05) is 48.2 Å². The van der Waals surface area contributed by atoms with E-state index in [-0.39, 0.29) is 0 Å². The molecule has 0 saturated heterocycles. The highest BCUT2D eigenvalue weighted by atomic mass is 32.2. The predicted molar refractivity (Wildman–Crippen MR) is 111 cm³/mol. The van der Waals surface area contributed by atoms with E-state index in [1.807, 2.05) is 55.5 Å². The first-order valence-corrected chi connectivity index (χ1v) is 10.0.